The molecule has 8 heteroatoms. The van der Waals surface area contributed by atoms with Crippen molar-refractivity contribution in [2.75, 3.05) is 11.3 Å². The van der Waals surface area contributed by atoms with Gasteiger partial charge in [-0.15, -0.1) is 0 Å². The number of hydrogen-bond acceptors (Lipinski definition) is 4. The number of nitrogens with one attached hydrogen (secondary N) is 2. The van der Waals surface area contributed by atoms with Gasteiger partial charge in [0.25, 0.3) is 15.9 Å². The molecule has 1 amide bonds. The van der Waals surface area contributed by atoms with Gasteiger partial charge in [0.1, 0.15) is 5.75 Å². The minimum atomic E-state index is -3.72. The van der Waals surface area contributed by atoms with Crippen LogP contribution >= 0.6 is 11.6 Å². The molecule has 0 aromatic heterocycles. The van der Waals surface area contributed by atoms with Crippen molar-refractivity contribution in [1.29, 1.82) is 0 Å². The highest BCUT2D eigenvalue weighted by molar-refractivity contribution is 7.92. The molecule has 0 saturated heterocycles. The van der Waals surface area contributed by atoms with Crippen LogP contribution in [0.2, 0.25) is 5.02 Å². The lowest BCUT2D eigenvalue weighted by Gasteiger charge is -2.15. The molecule has 0 aliphatic heterocycles. The highest BCUT2D eigenvalue weighted by Crippen LogP contribution is 2.20. The van der Waals surface area contributed by atoms with Crippen LogP contribution in [0.25, 0.3) is 0 Å². The summed E-state index contributed by atoms with van der Waals surface area (Å²) < 4.78 is 33.1. The van der Waals surface area contributed by atoms with Gasteiger partial charge in [0, 0.05) is 10.7 Å². The molecule has 1 atom stereocenters. The number of sulfonamides is 1. The Kier molecular flexibility index (Phi) is 7.20. The first-order chi connectivity index (χ1) is 14.7. The average molecular weight is 459 g/mol. The summed E-state index contributed by atoms with van der Waals surface area (Å²) in [7, 11) is -3.72. The summed E-state index contributed by atoms with van der Waals surface area (Å²) in [5, 5.41) is 3.47. The zero-order valence-corrected chi connectivity index (χ0v) is 18.7. The predicted octanol–water partition coefficient (Wildman–Crippen LogP) is 4.71. The SMILES string of the molecule is Cc1cccc(NS(=O)(=O)c2ccc(OCC(=O)N[C@@H](C)c3ccc(Cl)cc3)cc2)c1. The standard InChI is InChI=1S/C23H23ClN2O4S/c1-16-4-3-5-20(14-16)26-31(28,29)22-12-10-21(11-13-22)30-15-23(27)25-17(2)18-6-8-19(24)9-7-18/h3-14,17,26H,15H2,1-2H3,(H,25,27)/t17-/m0/s1. The van der Waals surface area contributed by atoms with Gasteiger partial charge < -0.3 is 10.1 Å². The maximum atomic E-state index is 12.5. The fourth-order valence-electron chi connectivity index (χ4n) is 2.90. The van der Waals surface area contributed by atoms with E-state index < -0.39 is 10.0 Å². The van der Waals surface area contributed by atoms with Crippen LogP contribution in [0.15, 0.2) is 77.7 Å². The third-order valence-corrected chi connectivity index (χ3v) is 6.17. The lowest BCUT2D eigenvalue weighted by atomic mass is 10.1. The van der Waals surface area contributed by atoms with Crippen LogP contribution < -0.4 is 14.8 Å². The highest BCUT2D eigenvalue weighted by Gasteiger charge is 2.15. The molecule has 0 aliphatic rings. The number of ether oxygens (including phenoxy) is 1. The number of anilines is 1. The number of hydrogen-bond donors (Lipinski definition) is 2. The number of carbonyl (C=O) groups is 1. The molecule has 0 spiro atoms. The Bertz CT molecular complexity index is 1150. The van der Waals surface area contributed by atoms with Gasteiger partial charge in [0.15, 0.2) is 6.61 Å². The van der Waals surface area contributed by atoms with Crippen LogP contribution in [0.4, 0.5) is 5.69 Å². The Balaban J connectivity index is 1.55. The number of benzene rings is 3. The molecule has 0 radical (unpaired) electrons. The molecule has 3 aromatic carbocycles. The van der Waals surface area contributed by atoms with Gasteiger partial charge in [0.2, 0.25) is 0 Å². The van der Waals surface area contributed by atoms with Gasteiger partial charge in [-0.3, -0.25) is 9.52 Å². The van der Waals surface area contributed by atoms with Crippen molar-refractivity contribution in [3.8, 4) is 5.75 Å². The summed E-state index contributed by atoms with van der Waals surface area (Å²) >= 11 is 5.88. The van der Waals surface area contributed by atoms with Gasteiger partial charge in [-0.05, 0) is 73.5 Å². The molecule has 2 N–H and O–H groups in total. The highest BCUT2D eigenvalue weighted by atomic mass is 35.5. The molecule has 31 heavy (non-hydrogen) atoms. The van der Waals surface area contributed by atoms with Crippen LogP contribution in [-0.2, 0) is 14.8 Å². The van der Waals surface area contributed by atoms with E-state index in [9.17, 15) is 13.2 Å². The molecule has 0 heterocycles. The van der Waals surface area contributed by atoms with E-state index in [1.165, 1.54) is 24.3 Å². The Hall–Kier alpha value is -3.03. The van der Waals surface area contributed by atoms with Crippen LogP contribution in [0.5, 0.6) is 5.75 Å². The molecule has 3 aromatic rings. The zero-order valence-electron chi connectivity index (χ0n) is 17.1. The first-order valence-electron chi connectivity index (χ1n) is 9.60. The molecule has 162 valence electrons. The smallest absolute Gasteiger partial charge is 0.261 e. The normalized spacial score (nSPS) is 12.1. The van der Waals surface area contributed by atoms with Crippen molar-refractivity contribution in [3.05, 3.63) is 88.9 Å². The third kappa shape index (κ3) is 6.47. The fourth-order valence-corrected chi connectivity index (χ4v) is 4.08. The van der Waals surface area contributed by atoms with Gasteiger partial charge in [0.05, 0.1) is 10.9 Å². The number of halogens is 1. The number of carbonyl (C=O) groups excluding carboxylic acids is 1. The van der Waals surface area contributed by atoms with E-state index in [0.717, 1.165) is 11.1 Å². The Labute approximate surface area is 187 Å². The molecule has 0 saturated carbocycles. The number of amides is 1. The third-order valence-electron chi connectivity index (χ3n) is 4.52. The van der Waals surface area contributed by atoms with Crippen molar-refractivity contribution >= 4 is 33.2 Å². The second-order valence-electron chi connectivity index (χ2n) is 7.08. The Morgan fingerprint density at radius 1 is 1.03 bits per heavy atom. The minimum Gasteiger partial charge on any atom is -0.484 e. The van der Waals surface area contributed by atoms with Gasteiger partial charge in [-0.25, -0.2) is 8.42 Å². The maximum Gasteiger partial charge on any atom is 0.261 e. The Morgan fingerprint density at radius 3 is 2.35 bits per heavy atom. The van der Waals surface area contributed by atoms with E-state index in [0.29, 0.717) is 16.5 Å². The minimum absolute atomic E-state index is 0.0992. The van der Waals surface area contributed by atoms with Crippen LogP contribution in [0.1, 0.15) is 24.1 Å². The topological polar surface area (TPSA) is 84.5 Å². The summed E-state index contributed by atoms with van der Waals surface area (Å²) in [5.74, 6) is 0.101. The molecule has 0 bridgehead atoms. The number of rotatable bonds is 8. The van der Waals surface area contributed by atoms with Gasteiger partial charge in [-0.1, -0.05) is 35.9 Å². The van der Waals surface area contributed by atoms with Crippen molar-refractivity contribution in [2.24, 2.45) is 0 Å². The maximum absolute atomic E-state index is 12.5. The number of aryl methyl sites for hydroxylation is 1. The van der Waals surface area contributed by atoms with Crippen LogP contribution in [-0.4, -0.2) is 20.9 Å². The Morgan fingerprint density at radius 2 is 1.71 bits per heavy atom. The summed E-state index contributed by atoms with van der Waals surface area (Å²) in [6.07, 6.45) is 0. The van der Waals surface area contributed by atoms with E-state index >= 15 is 0 Å². The lowest BCUT2D eigenvalue weighted by molar-refractivity contribution is -0.123. The van der Waals surface area contributed by atoms with E-state index in [4.69, 9.17) is 16.3 Å². The van der Waals surface area contributed by atoms with Crippen LogP contribution in [0.3, 0.4) is 0 Å². The molecular formula is C23H23ClN2O4S. The molecular weight excluding hydrogens is 436 g/mol. The van der Waals surface area contributed by atoms with Crippen LogP contribution in [0, 0.1) is 6.92 Å². The summed E-state index contributed by atoms with van der Waals surface area (Å²) in [4.78, 5) is 12.3. The molecule has 0 aliphatic carbocycles. The second kappa shape index (κ2) is 9.85. The van der Waals surface area contributed by atoms with Gasteiger partial charge >= 0.3 is 0 Å². The molecule has 0 fully saturated rings. The van der Waals surface area contributed by atoms with Crippen molar-refractivity contribution < 1.29 is 17.9 Å². The summed E-state index contributed by atoms with van der Waals surface area (Å²) in [5.41, 5.74) is 2.37. The molecule has 6 nitrogen and oxygen atoms in total. The van der Waals surface area contributed by atoms with E-state index in [1.807, 2.05) is 32.0 Å². The van der Waals surface area contributed by atoms with Crippen molar-refractivity contribution in [1.82, 2.24) is 5.32 Å². The lowest BCUT2D eigenvalue weighted by Crippen LogP contribution is -2.31. The summed E-state index contributed by atoms with van der Waals surface area (Å²) in [6, 6.07) is 20.0. The predicted molar refractivity (Wildman–Crippen MR) is 122 cm³/mol. The second-order valence-corrected chi connectivity index (χ2v) is 9.19. The largest absolute Gasteiger partial charge is 0.484 e. The van der Waals surface area contributed by atoms with E-state index in [1.54, 1.807) is 30.3 Å². The summed E-state index contributed by atoms with van der Waals surface area (Å²) in [6.45, 7) is 3.56. The zero-order chi connectivity index (χ0) is 22.4. The quantitative estimate of drug-likeness (QED) is 0.512. The molecule has 0 unspecified atom stereocenters. The molecule has 3 rings (SSSR count). The van der Waals surface area contributed by atoms with E-state index in [2.05, 4.69) is 10.0 Å². The van der Waals surface area contributed by atoms with Crippen molar-refractivity contribution in [3.63, 3.8) is 0 Å². The van der Waals surface area contributed by atoms with Gasteiger partial charge in [-0.2, -0.15) is 0 Å². The van der Waals surface area contributed by atoms with E-state index in [-0.39, 0.29) is 23.5 Å². The monoisotopic (exact) mass is 458 g/mol. The average Bonchev–Trinajstić information content (AvgIpc) is 2.72. The first kappa shape index (κ1) is 22.7. The first-order valence-corrected chi connectivity index (χ1v) is 11.5. The van der Waals surface area contributed by atoms with Crippen molar-refractivity contribution in [2.45, 2.75) is 24.8 Å². The fraction of sp³-hybridized carbons (Fsp3) is 0.174.